The second kappa shape index (κ2) is 10.7. The van der Waals surface area contributed by atoms with Crippen molar-refractivity contribution in [2.75, 3.05) is 18.2 Å². The molecular formula is C21H22Cl2N4O3S. The summed E-state index contributed by atoms with van der Waals surface area (Å²) in [5.41, 5.74) is 1.46. The van der Waals surface area contributed by atoms with Crippen molar-refractivity contribution >= 4 is 46.6 Å². The van der Waals surface area contributed by atoms with Gasteiger partial charge in [-0.05, 0) is 55.8 Å². The second-order valence-corrected chi connectivity index (χ2v) is 8.31. The van der Waals surface area contributed by atoms with Gasteiger partial charge in [0.1, 0.15) is 18.1 Å². The predicted molar refractivity (Wildman–Crippen MR) is 124 cm³/mol. The molecule has 0 fully saturated rings. The summed E-state index contributed by atoms with van der Waals surface area (Å²) in [6.07, 6.45) is 0. The first-order valence-corrected chi connectivity index (χ1v) is 11.2. The summed E-state index contributed by atoms with van der Waals surface area (Å²) in [7, 11) is 1.53. The Hall–Kier alpha value is -2.42. The van der Waals surface area contributed by atoms with Gasteiger partial charge in [-0.15, -0.1) is 10.2 Å². The fourth-order valence-corrected chi connectivity index (χ4v) is 3.91. The third-order valence-corrected chi connectivity index (χ3v) is 6.00. The van der Waals surface area contributed by atoms with Crippen molar-refractivity contribution in [1.82, 2.24) is 14.8 Å². The zero-order valence-electron chi connectivity index (χ0n) is 17.3. The number of benzene rings is 2. The molecule has 0 aliphatic rings. The van der Waals surface area contributed by atoms with Gasteiger partial charge in [0.2, 0.25) is 5.91 Å². The molecule has 164 valence electrons. The van der Waals surface area contributed by atoms with Crippen LogP contribution in [0.1, 0.15) is 18.3 Å². The fraction of sp³-hybridized carbons (Fsp3) is 0.286. The SMILES string of the molecule is CCn1c(COc2ccc(Cl)c(C)c2)nnc1SCC(=O)Nc1cc(Cl)ccc1OC. The van der Waals surface area contributed by atoms with Crippen LogP contribution in [-0.2, 0) is 17.9 Å². The molecule has 1 heterocycles. The van der Waals surface area contributed by atoms with Crippen molar-refractivity contribution in [2.24, 2.45) is 0 Å². The Kier molecular flexibility index (Phi) is 8.06. The Morgan fingerprint density at radius 2 is 2.00 bits per heavy atom. The highest BCUT2D eigenvalue weighted by Crippen LogP contribution is 2.28. The summed E-state index contributed by atoms with van der Waals surface area (Å²) >= 11 is 13.4. The maximum atomic E-state index is 12.4. The first-order valence-electron chi connectivity index (χ1n) is 9.48. The van der Waals surface area contributed by atoms with E-state index in [9.17, 15) is 4.79 Å². The van der Waals surface area contributed by atoms with Crippen molar-refractivity contribution in [3.8, 4) is 11.5 Å². The number of nitrogens with one attached hydrogen (secondary N) is 1. The summed E-state index contributed by atoms with van der Waals surface area (Å²) in [5.74, 6) is 1.87. The predicted octanol–water partition coefficient (Wildman–Crippen LogP) is 5.23. The number of nitrogens with zero attached hydrogens (tertiary/aromatic N) is 3. The minimum atomic E-state index is -0.203. The number of anilines is 1. The molecular weight excluding hydrogens is 459 g/mol. The smallest absolute Gasteiger partial charge is 0.234 e. The van der Waals surface area contributed by atoms with Gasteiger partial charge in [0.25, 0.3) is 0 Å². The summed E-state index contributed by atoms with van der Waals surface area (Å²) in [5, 5.41) is 13.1. The molecule has 10 heteroatoms. The van der Waals surface area contributed by atoms with Crippen molar-refractivity contribution in [3.63, 3.8) is 0 Å². The summed E-state index contributed by atoms with van der Waals surface area (Å²) in [6.45, 7) is 4.81. The van der Waals surface area contributed by atoms with E-state index in [-0.39, 0.29) is 18.3 Å². The van der Waals surface area contributed by atoms with Crippen molar-refractivity contribution in [3.05, 3.63) is 57.8 Å². The van der Waals surface area contributed by atoms with E-state index in [1.807, 2.05) is 30.5 Å². The molecule has 1 N–H and O–H groups in total. The molecule has 0 unspecified atom stereocenters. The number of thioether (sulfide) groups is 1. The minimum Gasteiger partial charge on any atom is -0.495 e. The fourth-order valence-electron chi connectivity index (χ4n) is 2.80. The molecule has 1 aromatic heterocycles. The van der Waals surface area contributed by atoms with Crippen molar-refractivity contribution in [2.45, 2.75) is 32.2 Å². The van der Waals surface area contributed by atoms with E-state index >= 15 is 0 Å². The van der Waals surface area contributed by atoms with E-state index in [4.69, 9.17) is 32.7 Å². The largest absolute Gasteiger partial charge is 0.495 e. The average molecular weight is 481 g/mol. The van der Waals surface area contributed by atoms with Gasteiger partial charge >= 0.3 is 0 Å². The van der Waals surface area contributed by atoms with Crippen LogP contribution < -0.4 is 14.8 Å². The van der Waals surface area contributed by atoms with Gasteiger partial charge in [-0.2, -0.15) is 0 Å². The molecule has 31 heavy (non-hydrogen) atoms. The van der Waals surface area contributed by atoms with Gasteiger partial charge in [-0.3, -0.25) is 4.79 Å². The lowest BCUT2D eigenvalue weighted by Gasteiger charge is -2.11. The van der Waals surface area contributed by atoms with Crippen LogP contribution in [0.4, 0.5) is 5.69 Å². The first-order chi connectivity index (χ1) is 14.9. The molecule has 0 spiro atoms. The minimum absolute atomic E-state index is 0.158. The summed E-state index contributed by atoms with van der Waals surface area (Å²) in [6, 6.07) is 10.5. The lowest BCUT2D eigenvalue weighted by Crippen LogP contribution is -2.15. The van der Waals surface area contributed by atoms with Gasteiger partial charge in [-0.25, -0.2) is 0 Å². The Labute approximate surface area is 195 Å². The monoisotopic (exact) mass is 480 g/mol. The van der Waals surface area contributed by atoms with Crippen LogP contribution in [0.3, 0.4) is 0 Å². The van der Waals surface area contributed by atoms with E-state index < -0.39 is 0 Å². The quantitative estimate of drug-likeness (QED) is 0.422. The second-order valence-electron chi connectivity index (χ2n) is 6.52. The number of amides is 1. The number of ether oxygens (including phenoxy) is 2. The number of hydrogen-bond donors (Lipinski definition) is 1. The first kappa shape index (κ1) is 23.2. The topological polar surface area (TPSA) is 78.3 Å². The van der Waals surface area contributed by atoms with E-state index in [0.717, 1.165) is 5.56 Å². The molecule has 0 aliphatic heterocycles. The summed E-state index contributed by atoms with van der Waals surface area (Å²) < 4.78 is 13.0. The summed E-state index contributed by atoms with van der Waals surface area (Å²) in [4.78, 5) is 12.4. The van der Waals surface area contributed by atoms with E-state index in [0.29, 0.717) is 44.8 Å². The lowest BCUT2D eigenvalue weighted by atomic mass is 10.2. The number of aryl methyl sites for hydroxylation is 1. The highest BCUT2D eigenvalue weighted by Gasteiger charge is 2.15. The lowest BCUT2D eigenvalue weighted by molar-refractivity contribution is -0.113. The molecule has 1 amide bonds. The molecule has 0 bridgehead atoms. The van der Waals surface area contributed by atoms with Crippen LogP contribution in [0.2, 0.25) is 10.0 Å². The van der Waals surface area contributed by atoms with Crippen LogP contribution in [0.15, 0.2) is 41.6 Å². The molecule has 3 aromatic rings. The number of carbonyl (C=O) groups excluding carboxylic acids is 1. The van der Waals surface area contributed by atoms with Crippen LogP contribution in [0.25, 0.3) is 0 Å². The van der Waals surface area contributed by atoms with Crippen LogP contribution in [0, 0.1) is 6.92 Å². The highest BCUT2D eigenvalue weighted by atomic mass is 35.5. The van der Waals surface area contributed by atoms with Crippen LogP contribution in [-0.4, -0.2) is 33.5 Å². The van der Waals surface area contributed by atoms with Gasteiger partial charge in [0.15, 0.2) is 11.0 Å². The third kappa shape index (κ3) is 6.06. The molecule has 0 saturated heterocycles. The molecule has 0 aliphatic carbocycles. The Bertz CT molecular complexity index is 1070. The number of methoxy groups -OCH3 is 1. The zero-order chi connectivity index (χ0) is 22.4. The molecule has 0 atom stereocenters. The highest BCUT2D eigenvalue weighted by molar-refractivity contribution is 7.99. The van der Waals surface area contributed by atoms with Gasteiger partial charge in [0, 0.05) is 16.6 Å². The van der Waals surface area contributed by atoms with Crippen LogP contribution in [0.5, 0.6) is 11.5 Å². The van der Waals surface area contributed by atoms with Crippen molar-refractivity contribution < 1.29 is 14.3 Å². The number of rotatable bonds is 9. The number of hydrogen-bond acceptors (Lipinski definition) is 6. The standard InChI is InChI=1S/C21H22Cl2N4O3S/c1-4-27-19(11-30-15-6-7-16(23)13(2)9-15)25-26-21(27)31-12-20(28)24-17-10-14(22)5-8-18(17)29-3/h5-10H,4,11-12H2,1-3H3,(H,24,28). The van der Waals surface area contributed by atoms with Gasteiger partial charge < -0.3 is 19.4 Å². The Morgan fingerprint density at radius 1 is 1.19 bits per heavy atom. The molecule has 0 saturated carbocycles. The normalized spacial score (nSPS) is 10.7. The molecule has 7 nitrogen and oxygen atoms in total. The maximum Gasteiger partial charge on any atom is 0.234 e. The zero-order valence-corrected chi connectivity index (χ0v) is 19.6. The number of halogens is 2. The average Bonchev–Trinajstić information content (AvgIpc) is 3.15. The van der Waals surface area contributed by atoms with E-state index in [1.165, 1.54) is 18.9 Å². The van der Waals surface area contributed by atoms with Gasteiger partial charge in [-0.1, -0.05) is 35.0 Å². The Balaban J connectivity index is 1.61. The third-order valence-electron chi connectivity index (χ3n) is 4.37. The van der Waals surface area contributed by atoms with E-state index in [2.05, 4.69) is 15.5 Å². The molecule has 3 rings (SSSR count). The number of aromatic nitrogens is 3. The van der Waals surface area contributed by atoms with Crippen molar-refractivity contribution in [1.29, 1.82) is 0 Å². The molecule has 2 aromatic carbocycles. The van der Waals surface area contributed by atoms with Gasteiger partial charge in [0.05, 0.1) is 18.6 Å². The number of carbonyl (C=O) groups is 1. The van der Waals surface area contributed by atoms with Crippen LogP contribution >= 0.6 is 35.0 Å². The van der Waals surface area contributed by atoms with E-state index in [1.54, 1.807) is 24.3 Å². The maximum absolute atomic E-state index is 12.4. The molecule has 0 radical (unpaired) electrons. The Morgan fingerprint density at radius 3 is 2.71 bits per heavy atom.